The smallest absolute Gasteiger partial charge is 0.0795 e. The summed E-state index contributed by atoms with van der Waals surface area (Å²) < 4.78 is 5.43. The molecule has 0 amide bonds. The van der Waals surface area contributed by atoms with Crippen molar-refractivity contribution in [2.24, 2.45) is 0 Å². The molecule has 1 aromatic heterocycles. The van der Waals surface area contributed by atoms with Gasteiger partial charge in [0.2, 0.25) is 0 Å². The van der Waals surface area contributed by atoms with Crippen LogP contribution in [0.15, 0.2) is 36.0 Å². The molecule has 1 atom stereocenters. The summed E-state index contributed by atoms with van der Waals surface area (Å²) in [5, 5.41) is 3.60. The second-order valence-corrected chi connectivity index (χ2v) is 5.80. The van der Waals surface area contributed by atoms with Gasteiger partial charge in [-0.3, -0.25) is 4.98 Å². The van der Waals surface area contributed by atoms with E-state index in [4.69, 9.17) is 4.74 Å². The fourth-order valence-corrected chi connectivity index (χ4v) is 3.05. The van der Waals surface area contributed by atoms with Gasteiger partial charge < -0.3 is 15.0 Å². The summed E-state index contributed by atoms with van der Waals surface area (Å²) in [6.07, 6.45) is 1.93. The minimum atomic E-state index is 0.268. The van der Waals surface area contributed by atoms with Crippen LogP contribution >= 0.6 is 11.3 Å². The van der Waals surface area contributed by atoms with E-state index in [1.165, 1.54) is 16.3 Å². The summed E-state index contributed by atoms with van der Waals surface area (Å²) in [5.41, 5.74) is 4.31. The maximum absolute atomic E-state index is 5.43. The molecule has 1 unspecified atom stereocenters. The molecule has 20 heavy (non-hydrogen) atoms. The Morgan fingerprint density at radius 3 is 2.85 bits per heavy atom. The lowest BCUT2D eigenvalue weighted by molar-refractivity contribution is 0.123. The maximum Gasteiger partial charge on any atom is 0.0795 e. The molecule has 1 fully saturated rings. The Balaban J connectivity index is 1.78. The minimum absolute atomic E-state index is 0.268. The number of benzene rings is 1. The molecule has 1 aliphatic rings. The molecule has 3 rings (SSSR count). The third-order valence-electron chi connectivity index (χ3n) is 3.51. The second kappa shape index (κ2) is 6.24. The van der Waals surface area contributed by atoms with E-state index >= 15 is 0 Å². The van der Waals surface area contributed by atoms with Gasteiger partial charge in [0.25, 0.3) is 0 Å². The zero-order chi connectivity index (χ0) is 13.8. The van der Waals surface area contributed by atoms with Gasteiger partial charge in [0.1, 0.15) is 0 Å². The van der Waals surface area contributed by atoms with Crippen molar-refractivity contribution in [2.45, 2.75) is 13.0 Å². The first-order valence-corrected chi connectivity index (χ1v) is 7.79. The van der Waals surface area contributed by atoms with Gasteiger partial charge in [-0.2, -0.15) is 0 Å². The molecule has 0 saturated carbocycles. The van der Waals surface area contributed by atoms with Crippen molar-refractivity contribution in [3.05, 3.63) is 40.8 Å². The van der Waals surface area contributed by atoms with E-state index in [2.05, 4.69) is 46.4 Å². The summed E-state index contributed by atoms with van der Waals surface area (Å²) in [7, 11) is 0. The average molecular weight is 289 g/mol. The zero-order valence-corrected chi connectivity index (χ0v) is 12.4. The van der Waals surface area contributed by atoms with E-state index in [1.54, 1.807) is 11.3 Å². The number of nitrogens with zero attached hydrogens (tertiary/aromatic N) is 2. The van der Waals surface area contributed by atoms with Crippen molar-refractivity contribution in [3.8, 4) is 0 Å². The highest BCUT2D eigenvalue weighted by atomic mass is 32.1. The molecule has 4 nitrogen and oxygen atoms in total. The number of morpholine rings is 1. The Labute approximate surface area is 123 Å². The molecule has 1 N–H and O–H groups in total. The van der Waals surface area contributed by atoms with Crippen LogP contribution in [0.2, 0.25) is 0 Å². The molecule has 2 aromatic rings. The first kappa shape index (κ1) is 13.4. The molecular weight excluding hydrogens is 270 g/mol. The predicted octanol–water partition coefficient (Wildman–Crippen LogP) is 3.15. The number of thiazole rings is 1. The zero-order valence-electron chi connectivity index (χ0n) is 11.6. The summed E-state index contributed by atoms with van der Waals surface area (Å²) in [6.45, 7) is 5.68. The molecule has 1 aromatic carbocycles. The van der Waals surface area contributed by atoms with E-state index in [0.29, 0.717) is 0 Å². The molecule has 0 radical (unpaired) electrons. The fourth-order valence-electron chi connectivity index (χ4n) is 2.42. The van der Waals surface area contributed by atoms with Crippen LogP contribution in [0.1, 0.15) is 17.8 Å². The summed E-state index contributed by atoms with van der Waals surface area (Å²) >= 11 is 1.68. The van der Waals surface area contributed by atoms with Gasteiger partial charge in [0, 0.05) is 24.2 Å². The van der Waals surface area contributed by atoms with Crippen LogP contribution in [-0.2, 0) is 4.74 Å². The van der Waals surface area contributed by atoms with E-state index in [9.17, 15) is 0 Å². The first-order chi connectivity index (χ1) is 9.84. The van der Waals surface area contributed by atoms with Crippen molar-refractivity contribution >= 4 is 22.7 Å². The molecule has 0 bridgehead atoms. The van der Waals surface area contributed by atoms with Gasteiger partial charge in [0.15, 0.2) is 0 Å². The van der Waals surface area contributed by atoms with Crippen molar-refractivity contribution in [3.63, 3.8) is 0 Å². The van der Waals surface area contributed by atoms with Crippen LogP contribution in [-0.4, -0.2) is 31.3 Å². The van der Waals surface area contributed by atoms with Crippen LogP contribution in [0.25, 0.3) is 0 Å². The predicted molar refractivity (Wildman–Crippen MR) is 83.6 cm³/mol. The highest BCUT2D eigenvalue weighted by Crippen LogP contribution is 2.30. The number of rotatable bonds is 4. The van der Waals surface area contributed by atoms with Gasteiger partial charge >= 0.3 is 0 Å². The van der Waals surface area contributed by atoms with Gasteiger partial charge in [0.05, 0.1) is 36.1 Å². The molecule has 2 heterocycles. The third kappa shape index (κ3) is 2.94. The number of para-hydroxylation sites is 2. The van der Waals surface area contributed by atoms with Crippen molar-refractivity contribution < 1.29 is 4.74 Å². The average Bonchev–Trinajstić information content (AvgIpc) is 3.03. The number of ether oxygens (including phenoxy) is 1. The van der Waals surface area contributed by atoms with Crippen molar-refractivity contribution in [1.82, 2.24) is 4.98 Å². The van der Waals surface area contributed by atoms with Crippen molar-refractivity contribution in [1.29, 1.82) is 0 Å². The Hall–Kier alpha value is -1.59. The Morgan fingerprint density at radius 2 is 2.10 bits per heavy atom. The van der Waals surface area contributed by atoms with Gasteiger partial charge in [-0.15, -0.1) is 11.3 Å². The molecule has 0 spiro atoms. The molecular formula is C15H19N3OS. The van der Waals surface area contributed by atoms with Gasteiger partial charge in [-0.25, -0.2) is 0 Å². The number of aromatic nitrogens is 1. The highest BCUT2D eigenvalue weighted by molar-refractivity contribution is 7.09. The quantitative estimate of drug-likeness (QED) is 0.938. The summed E-state index contributed by atoms with van der Waals surface area (Å²) in [6, 6.07) is 8.75. The van der Waals surface area contributed by atoms with Gasteiger partial charge in [-0.1, -0.05) is 12.1 Å². The van der Waals surface area contributed by atoms with E-state index in [1.807, 2.05) is 11.7 Å². The maximum atomic E-state index is 5.43. The van der Waals surface area contributed by atoms with E-state index in [0.717, 1.165) is 26.3 Å². The van der Waals surface area contributed by atoms with E-state index in [-0.39, 0.29) is 6.04 Å². The van der Waals surface area contributed by atoms with Crippen molar-refractivity contribution in [2.75, 3.05) is 36.5 Å². The Morgan fingerprint density at radius 1 is 1.30 bits per heavy atom. The SMILES string of the molecule is CC(Nc1ccccc1N1CCOCC1)c1cncs1. The fraction of sp³-hybridized carbons (Fsp3) is 0.400. The van der Waals surface area contributed by atoms with Crippen LogP contribution < -0.4 is 10.2 Å². The Bertz CT molecular complexity index is 538. The lowest BCUT2D eigenvalue weighted by Gasteiger charge is -2.31. The summed E-state index contributed by atoms with van der Waals surface area (Å²) in [5.74, 6) is 0. The van der Waals surface area contributed by atoms with Crippen LogP contribution in [0.3, 0.4) is 0 Å². The number of hydrogen-bond donors (Lipinski definition) is 1. The van der Waals surface area contributed by atoms with Crippen LogP contribution in [0, 0.1) is 0 Å². The van der Waals surface area contributed by atoms with Gasteiger partial charge in [-0.05, 0) is 19.1 Å². The van der Waals surface area contributed by atoms with E-state index < -0.39 is 0 Å². The molecule has 0 aliphatic carbocycles. The molecule has 5 heteroatoms. The number of hydrogen-bond acceptors (Lipinski definition) is 5. The lowest BCUT2D eigenvalue weighted by Crippen LogP contribution is -2.36. The lowest BCUT2D eigenvalue weighted by atomic mass is 10.2. The highest BCUT2D eigenvalue weighted by Gasteiger charge is 2.16. The minimum Gasteiger partial charge on any atom is -0.378 e. The molecule has 1 saturated heterocycles. The molecule has 106 valence electrons. The third-order valence-corrected chi connectivity index (χ3v) is 4.46. The molecule has 1 aliphatic heterocycles. The summed E-state index contributed by atoms with van der Waals surface area (Å²) in [4.78, 5) is 7.78. The van der Waals surface area contributed by atoms with Crippen LogP contribution in [0.4, 0.5) is 11.4 Å². The monoisotopic (exact) mass is 289 g/mol. The normalized spacial score (nSPS) is 16.9. The largest absolute Gasteiger partial charge is 0.378 e. The first-order valence-electron chi connectivity index (χ1n) is 6.91. The second-order valence-electron chi connectivity index (χ2n) is 4.89. The number of nitrogens with one attached hydrogen (secondary N) is 1. The number of anilines is 2. The standard InChI is InChI=1S/C15H19N3OS/c1-12(15-10-16-11-20-15)17-13-4-2-3-5-14(13)18-6-8-19-9-7-18/h2-5,10-12,17H,6-9H2,1H3. The topological polar surface area (TPSA) is 37.4 Å². The van der Waals surface area contributed by atoms with Crippen LogP contribution in [0.5, 0.6) is 0 Å². The Kier molecular flexibility index (Phi) is 4.18.